The number of halogens is 1. The summed E-state index contributed by atoms with van der Waals surface area (Å²) in [5, 5.41) is 3.76. The summed E-state index contributed by atoms with van der Waals surface area (Å²) >= 11 is 6.28. The van der Waals surface area contributed by atoms with Gasteiger partial charge in [-0.1, -0.05) is 35.9 Å². The first kappa shape index (κ1) is 22.0. The minimum atomic E-state index is -0.0497. The molecule has 3 aromatic rings. The number of nitrogens with one attached hydrogen (secondary N) is 2. The third-order valence-corrected chi connectivity index (χ3v) is 6.96. The standard InChI is InChI=1S/C28H30ClN3O/c1-32(2)15-7-12-22-21-10-3-4-13-24(21)30-26(22)17-23-27-20(18-8-5-9-19(29)16-18)11-6-14-25(27)31-28(23)33/h5-6,8-9,11,14,16-17,30H,3-4,7,10,12-13,15H2,1-2H3,(H,31,33). The molecule has 2 aliphatic rings. The lowest BCUT2D eigenvalue weighted by Crippen LogP contribution is -2.14. The lowest BCUT2D eigenvalue weighted by Gasteiger charge is -2.14. The number of anilines is 1. The topological polar surface area (TPSA) is 48.1 Å². The van der Waals surface area contributed by atoms with E-state index in [2.05, 4.69) is 41.4 Å². The van der Waals surface area contributed by atoms with Crippen LogP contribution in [0.2, 0.25) is 5.02 Å². The Morgan fingerprint density at radius 2 is 1.91 bits per heavy atom. The number of carbonyl (C=O) groups excluding carboxylic acids is 1. The normalized spacial score (nSPS) is 16.2. The summed E-state index contributed by atoms with van der Waals surface area (Å²) < 4.78 is 0. The molecule has 170 valence electrons. The van der Waals surface area contributed by atoms with Gasteiger partial charge in [-0.25, -0.2) is 0 Å². The Labute approximate surface area is 200 Å². The van der Waals surface area contributed by atoms with Crippen molar-refractivity contribution in [2.75, 3.05) is 26.0 Å². The van der Waals surface area contributed by atoms with E-state index in [1.807, 2.05) is 36.4 Å². The van der Waals surface area contributed by atoms with Crippen molar-refractivity contribution in [3.8, 4) is 11.1 Å². The van der Waals surface area contributed by atoms with Crippen LogP contribution in [-0.4, -0.2) is 36.4 Å². The van der Waals surface area contributed by atoms with Crippen LogP contribution in [0, 0.1) is 0 Å². The number of nitrogens with zero attached hydrogens (tertiary/aromatic N) is 1. The molecule has 0 spiro atoms. The molecule has 0 atom stereocenters. The van der Waals surface area contributed by atoms with Crippen LogP contribution >= 0.6 is 11.6 Å². The molecule has 0 fully saturated rings. The van der Waals surface area contributed by atoms with Crippen LogP contribution in [0.3, 0.4) is 0 Å². The van der Waals surface area contributed by atoms with E-state index in [9.17, 15) is 4.79 Å². The molecule has 1 aliphatic carbocycles. The van der Waals surface area contributed by atoms with Gasteiger partial charge < -0.3 is 15.2 Å². The van der Waals surface area contributed by atoms with Crippen molar-refractivity contribution >= 4 is 34.8 Å². The van der Waals surface area contributed by atoms with Gasteiger partial charge in [0.25, 0.3) is 5.91 Å². The van der Waals surface area contributed by atoms with Gasteiger partial charge >= 0.3 is 0 Å². The minimum Gasteiger partial charge on any atom is -0.358 e. The number of aromatic nitrogens is 1. The number of aromatic amines is 1. The summed E-state index contributed by atoms with van der Waals surface area (Å²) in [7, 11) is 4.24. The SMILES string of the molecule is CN(C)CCCc1c(C=C2C(=O)Nc3cccc(-c4cccc(Cl)c4)c32)[nH]c2c1CCCC2. The first-order valence-corrected chi connectivity index (χ1v) is 12.2. The fraction of sp³-hybridized carbons (Fsp3) is 0.321. The summed E-state index contributed by atoms with van der Waals surface area (Å²) in [5.41, 5.74) is 9.88. The second-order valence-electron chi connectivity index (χ2n) is 9.34. The van der Waals surface area contributed by atoms with Crippen LogP contribution in [0.5, 0.6) is 0 Å². The molecule has 0 saturated heterocycles. The zero-order valence-corrected chi connectivity index (χ0v) is 20.1. The van der Waals surface area contributed by atoms with Crippen LogP contribution in [0.4, 0.5) is 5.69 Å². The molecule has 2 aromatic carbocycles. The van der Waals surface area contributed by atoms with Crippen LogP contribution < -0.4 is 5.32 Å². The molecule has 5 heteroatoms. The Morgan fingerprint density at radius 3 is 2.73 bits per heavy atom. The molecule has 2 N–H and O–H groups in total. The maximum Gasteiger partial charge on any atom is 0.256 e. The largest absolute Gasteiger partial charge is 0.358 e. The van der Waals surface area contributed by atoms with Gasteiger partial charge in [0.2, 0.25) is 0 Å². The van der Waals surface area contributed by atoms with Crippen molar-refractivity contribution in [2.45, 2.75) is 38.5 Å². The Bertz CT molecular complexity index is 1240. The Morgan fingerprint density at radius 1 is 1.09 bits per heavy atom. The molecule has 4 nitrogen and oxygen atoms in total. The van der Waals surface area contributed by atoms with Gasteiger partial charge in [-0.15, -0.1) is 0 Å². The van der Waals surface area contributed by atoms with Crippen molar-refractivity contribution < 1.29 is 4.79 Å². The maximum absolute atomic E-state index is 13.1. The quantitative estimate of drug-likeness (QED) is 0.431. The fourth-order valence-electron chi connectivity index (χ4n) is 5.19. The minimum absolute atomic E-state index is 0.0497. The highest BCUT2D eigenvalue weighted by molar-refractivity contribution is 6.36. The van der Waals surface area contributed by atoms with E-state index in [0.717, 1.165) is 60.3 Å². The fourth-order valence-corrected chi connectivity index (χ4v) is 5.38. The average Bonchev–Trinajstić information content (AvgIpc) is 3.30. The highest BCUT2D eigenvalue weighted by Gasteiger charge is 2.28. The zero-order valence-electron chi connectivity index (χ0n) is 19.3. The molecule has 0 bridgehead atoms. The Hall–Kier alpha value is -2.82. The summed E-state index contributed by atoms with van der Waals surface area (Å²) in [6, 6.07) is 13.8. The van der Waals surface area contributed by atoms with E-state index in [-0.39, 0.29) is 5.91 Å². The van der Waals surface area contributed by atoms with Gasteiger partial charge in [-0.2, -0.15) is 0 Å². The van der Waals surface area contributed by atoms with Gasteiger partial charge in [0.15, 0.2) is 0 Å². The Balaban J connectivity index is 1.60. The van der Waals surface area contributed by atoms with E-state index in [4.69, 9.17) is 11.6 Å². The molecule has 5 rings (SSSR count). The molecule has 33 heavy (non-hydrogen) atoms. The number of fused-ring (bicyclic) bond motifs is 2. The molecule has 0 saturated carbocycles. The number of rotatable bonds is 6. The number of hydrogen-bond acceptors (Lipinski definition) is 2. The maximum atomic E-state index is 13.1. The predicted molar refractivity (Wildman–Crippen MR) is 138 cm³/mol. The molecule has 1 amide bonds. The predicted octanol–water partition coefficient (Wildman–Crippen LogP) is 6.20. The third kappa shape index (κ3) is 4.38. The first-order chi connectivity index (χ1) is 16.0. The van der Waals surface area contributed by atoms with Gasteiger partial charge in [-0.3, -0.25) is 4.79 Å². The molecule has 0 unspecified atom stereocenters. The lowest BCUT2D eigenvalue weighted by atomic mass is 9.91. The van der Waals surface area contributed by atoms with Crippen LogP contribution in [0.15, 0.2) is 42.5 Å². The van der Waals surface area contributed by atoms with E-state index >= 15 is 0 Å². The average molecular weight is 460 g/mol. The Kier molecular flexibility index (Phi) is 6.13. The summed E-state index contributed by atoms with van der Waals surface area (Å²) in [4.78, 5) is 19.0. The van der Waals surface area contributed by atoms with Gasteiger partial charge in [0, 0.05) is 27.7 Å². The summed E-state index contributed by atoms with van der Waals surface area (Å²) in [6.45, 7) is 1.05. The first-order valence-electron chi connectivity index (χ1n) is 11.8. The smallest absolute Gasteiger partial charge is 0.256 e. The molecule has 0 radical (unpaired) electrons. The van der Waals surface area contributed by atoms with Crippen LogP contribution in [0.25, 0.3) is 22.8 Å². The van der Waals surface area contributed by atoms with Crippen molar-refractivity contribution in [1.82, 2.24) is 9.88 Å². The zero-order chi connectivity index (χ0) is 22.9. The lowest BCUT2D eigenvalue weighted by molar-refractivity contribution is -0.110. The number of amides is 1. The highest BCUT2D eigenvalue weighted by Crippen LogP contribution is 2.41. The van der Waals surface area contributed by atoms with E-state index in [1.54, 1.807) is 0 Å². The number of aryl methyl sites for hydroxylation is 1. The molecule has 1 aliphatic heterocycles. The van der Waals surface area contributed by atoms with Crippen molar-refractivity contribution in [2.24, 2.45) is 0 Å². The third-order valence-electron chi connectivity index (χ3n) is 6.73. The van der Waals surface area contributed by atoms with Crippen molar-refractivity contribution in [3.63, 3.8) is 0 Å². The van der Waals surface area contributed by atoms with Gasteiger partial charge in [-0.05, 0) is 106 Å². The number of H-pyrrole nitrogens is 1. The second kappa shape index (κ2) is 9.20. The van der Waals surface area contributed by atoms with Crippen LogP contribution in [-0.2, 0) is 24.1 Å². The molecule has 2 heterocycles. The molecular weight excluding hydrogens is 430 g/mol. The van der Waals surface area contributed by atoms with Crippen molar-refractivity contribution in [3.05, 3.63) is 75.6 Å². The number of hydrogen-bond donors (Lipinski definition) is 2. The molecular formula is C28H30ClN3O. The van der Waals surface area contributed by atoms with Crippen LogP contribution in [0.1, 0.15) is 47.3 Å². The molecule has 1 aromatic heterocycles. The van der Waals surface area contributed by atoms with E-state index in [0.29, 0.717) is 10.6 Å². The van der Waals surface area contributed by atoms with Gasteiger partial charge in [0.05, 0.1) is 5.57 Å². The summed E-state index contributed by atoms with van der Waals surface area (Å²) in [6.07, 6.45) is 8.89. The number of benzene rings is 2. The van der Waals surface area contributed by atoms with Gasteiger partial charge in [0.1, 0.15) is 0 Å². The van der Waals surface area contributed by atoms with E-state index < -0.39 is 0 Å². The summed E-state index contributed by atoms with van der Waals surface area (Å²) in [5.74, 6) is -0.0497. The van der Waals surface area contributed by atoms with E-state index in [1.165, 1.54) is 29.7 Å². The second-order valence-corrected chi connectivity index (χ2v) is 9.78. The number of carbonyl (C=O) groups is 1. The highest BCUT2D eigenvalue weighted by atomic mass is 35.5. The van der Waals surface area contributed by atoms with Crippen molar-refractivity contribution in [1.29, 1.82) is 0 Å². The monoisotopic (exact) mass is 459 g/mol.